The predicted molar refractivity (Wildman–Crippen MR) is 67.0 cm³/mol. The van der Waals surface area contributed by atoms with Crippen molar-refractivity contribution in [1.29, 1.82) is 0 Å². The molecule has 1 saturated heterocycles. The maximum atomic E-state index is 13.1. The molecule has 112 valence electrons. The van der Waals surface area contributed by atoms with Crippen molar-refractivity contribution in [2.45, 2.75) is 19.0 Å². The fourth-order valence-corrected chi connectivity index (χ4v) is 2.28. The smallest absolute Gasteiger partial charge is 0.379 e. The first-order valence-electron chi connectivity index (χ1n) is 6.62. The minimum atomic E-state index is -4.63. The highest BCUT2D eigenvalue weighted by atomic mass is 19.4. The lowest BCUT2D eigenvalue weighted by Gasteiger charge is -2.26. The van der Waals surface area contributed by atoms with E-state index in [4.69, 9.17) is 4.74 Å². The van der Waals surface area contributed by atoms with Crippen molar-refractivity contribution in [2.24, 2.45) is 0 Å². The number of morpholine rings is 1. The summed E-state index contributed by atoms with van der Waals surface area (Å²) in [5, 5.41) is 0. The van der Waals surface area contributed by atoms with Crippen LogP contribution in [-0.4, -0.2) is 37.7 Å². The van der Waals surface area contributed by atoms with Gasteiger partial charge in [-0.1, -0.05) is 6.07 Å². The molecule has 2 rings (SSSR count). The molecule has 0 aromatic heterocycles. The van der Waals surface area contributed by atoms with Gasteiger partial charge in [-0.05, 0) is 37.1 Å². The summed E-state index contributed by atoms with van der Waals surface area (Å²) in [6, 6.07) is 3.23. The molecule has 1 aromatic rings. The van der Waals surface area contributed by atoms with Crippen LogP contribution in [0, 0.1) is 5.82 Å². The summed E-state index contributed by atoms with van der Waals surface area (Å²) in [5.74, 6) is -1.21. The molecule has 0 aliphatic carbocycles. The van der Waals surface area contributed by atoms with Crippen LogP contribution in [0.5, 0.6) is 0 Å². The lowest BCUT2D eigenvalue weighted by Crippen LogP contribution is -2.36. The van der Waals surface area contributed by atoms with Crippen LogP contribution in [0.25, 0.3) is 0 Å². The Labute approximate surface area is 115 Å². The molecule has 0 N–H and O–H groups in total. The first kappa shape index (κ1) is 15.3. The van der Waals surface area contributed by atoms with E-state index < -0.39 is 17.6 Å². The number of hydrogen-bond donors (Lipinski definition) is 0. The zero-order chi connectivity index (χ0) is 14.6. The Balaban J connectivity index is 1.89. The van der Waals surface area contributed by atoms with Crippen molar-refractivity contribution in [3.8, 4) is 0 Å². The zero-order valence-corrected chi connectivity index (χ0v) is 11.0. The molecule has 1 heterocycles. The van der Waals surface area contributed by atoms with Gasteiger partial charge in [0.1, 0.15) is 5.82 Å². The van der Waals surface area contributed by atoms with Crippen LogP contribution in [0.4, 0.5) is 17.6 Å². The van der Waals surface area contributed by atoms with Gasteiger partial charge in [0, 0.05) is 13.1 Å². The van der Waals surface area contributed by atoms with E-state index in [0.717, 1.165) is 38.2 Å². The standard InChI is InChI=1S/C14H17F4NO/c15-13-4-3-11(10-12(13)14(16,17)18)2-1-5-19-6-8-20-9-7-19/h3-4,10H,1-2,5-9H2. The third-order valence-corrected chi connectivity index (χ3v) is 3.38. The molecule has 0 atom stereocenters. The van der Waals surface area contributed by atoms with Crippen LogP contribution < -0.4 is 0 Å². The first-order valence-corrected chi connectivity index (χ1v) is 6.62. The second-order valence-corrected chi connectivity index (χ2v) is 4.87. The number of ether oxygens (including phenoxy) is 1. The first-order chi connectivity index (χ1) is 9.47. The van der Waals surface area contributed by atoms with Crippen LogP contribution in [0.3, 0.4) is 0 Å². The summed E-state index contributed by atoms with van der Waals surface area (Å²) < 4.78 is 56.1. The number of aryl methyl sites for hydroxylation is 1. The van der Waals surface area contributed by atoms with Crippen molar-refractivity contribution >= 4 is 0 Å². The largest absolute Gasteiger partial charge is 0.419 e. The molecule has 20 heavy (non-hydrogen) atoms. The van der Waals surface area contributed by atoms with Gasteiger partial charge in [-0.2, -0.15) is 13.2 Å². The molecule has 0 amide bonds. The molecular weight excluding hydrogens is 274 g/mol. The number of benzene rings is 1. The Bertz CT molecular complexity index is 441. The van der Waals surface area contributed by atoms with Crippen LogP contribution in [0.1, 0.15) is 17.5 Å². The number of rotatable bonds is 4. The monoisotopic (exact) mass is 291 g/mol. The van der Waals surface area contributed by atoms with Gasteiger partial charge in [0.05, 0.1) is 18.8 Å². The maximum absolute atomic E-state index is 13.1. The predicted octanol–water partition coefficient (Wildman–Crippen LogP) is 3.11. The van der Waals surface area contributed by atoms with Gasteiger partial charge >= 0.3 is 6.18 Å². The van der Waals surface area contributed by atoms with Crippen molar-refractivity contribution < 1.29 is 22.3 Å². The van der Waals surface area contributed by atoms with E-state index in [-0.39, 0.29) is 0 Å². The third-order valence-electron chi connectivity index (χ3n) is 3.38. The SMILES string of the molecule is Fc1ccc(CCCN2CCOCC2)cc1C(F)(F)F. The van der Waals surface area contributed by atoms with Crippen LogP contribution in [0.2, 0.25) is 0 Å². The molecule has 1 fully saturated rings. The van der Waals surface area contributed by atoms with Crippen molar-refractivity contribution in [3.63, 3.8) is 0 Å². The average molecular weight is 291 g/mol. The summed E-state index contributed by atoms with van der Waals surface area (Å²) in [4.78, 5) is 2.22. The molecule has 0 unspecified atom stereocenters. The molecule has 0 radical (unpaired) electrons. The lowest BCUT2D eigenvalue weighted by molar-refractivity contribution is -0.140. The second kappa shape index (κ2) is 6.54. The molecule has 1 aliphatic rings. The quantitative estimate of drug-likeness (QED) is 0.790. The van der Waals surface area contributed by atoms with Crippen LogP contribution >= 0.6 is 0 Å². The van der Waals surface area contributed by atoms with Gasteiger partial charge < -0.3 is 4.74 Å². The second-order valence-electron chi connectivity index (χ2n) is 4.87. The van der Waals surface area contributed by atoms with Crippen LogP contribution in [0.15, 0.2) is 18.2 Å². The highest BCUT2D eigenvalue weighted by Gasteiger charge is 2.34. The molecule has 0 spiro atoms. The maximum Gasteiger partial charge on any atom is 0.419 e. The number of hydrogen-bond acceptors (Lipinski definition) is 2. The fraction of sp³-hybridized carbons (Fsp3) is 0.571. The van der Waals surface area contributed by atoms with Crippen LogP contribution in [-0.2, 0) is 17.3 Å². The summed E-state index contributed by atoms with van der Waals surface area (Å²) in [5.41, 5.74) is -0.659. The molecule has 2 nitrogen and oxygen atoms in total. The minimum absolute atomic E-state index is 0.515. The molecule has 6 heteroatoms. The Hall–Kier alpha value is -1.14. The summed E-state index contributed by atoms with van der Waals surface area (Å²) in [6.45, 7) is 3.94. The third kappa shape index (κ3) is 4.18. The Kier molecular flexibility index (Phi) is 4.99. The molecule has 0 bridgehead atoms. The lowest BCUT2D eigenvalue weighted by atomic mass is 10.1. The Morgan fingerprint density at radius 3 is 2.50 bits per heavy atom. The highest BCUT2D eigenvalue weighted by molar-refractivity contribution is 5.27. The Morgan fingerprint density at radius 2 is 1.85 bits per heavy atom. The van der Waals surface area contributed by atoms with E-state index in [1.807, 2.05) is 0 Å². The number of alkyl halides is 3. The van der Waals surface area contributed by atoms with Gasteiger partial charge in [-0.3, -0.25) is 4.90 Å². The van der Waals surface area contributed by atoms with E-state index >= 15 is 0 Å². The molecule has 1 aliphatic heterocycles. The van der Waals surface area contributed by atoms with Gasteiger partial charge in [0.2, 0.25) is 0 Å². The molecular formula is C14H17F4NO. The van der Waals surface area contributed by atoms with E-state index in [1.165, 1.54) is 6.07 Å². The van der Waals surface area contributed by atoms with Crippen molar-refractivity contribution in [2.75, 3.05) is 32.8 Å². The van der Waals surface area contributed by atoms with E-state index in [2.05, 4.69) is 4.90 Å². The van der Waals surface area contributed by atoms with E-state index in [0.29, 0.717) is 25.2 Å². The highest BCUT2D eigenvalue weighted by Crippen LogP contribution is 2.32. The van der Waals surface area contributed by atoms with Gasteiger partial charge in [-0.25, -0.2) is 4.39 Å². The number of nitrogens with zero attached hydrogens (tertiary/aromatic N) is 1. The zero-order valence-electron chi connectivity index (χ0n) is 11.0. The van der Waals surface area contributed by atoms with Crippen molar-refractivity contribution in [3.05, 3.63) is 35.1 Å². The summed E-state index contributed by atoms with van der Waals surface area (Å²) in [6.07, 6.45) is -3.37. The minimum Gasteiger partial charge on any atom is -0.379 e. The normalized spacial score (nSPS) is 17.4. The van der Waals surface area contributed by atoms with Gasteiger partial charge in [0.15, 0.2) is 0 Å². The fourth-order valence-electron chi connectivity index (χ4n) is 2.28. The Morgan fingerprint density at radius 1 is 1.15 bits per heavy atom. The summed E-state index contributed by atoms with van der Waals surface area (Å²) in [7, 11) is 0. The number of halogens is 4. The van der Waals surface area contributed by atoms with Crippen molar-refractivity contribution in [1.82, 2.24) is 4.90 Å². The van der Waals surface area contributed by atoms with Gasteiger partial charge in [0.25, 0.3) is 0 Å². The summed E-state index contributed by atoms with van der Waals surface area (Å²) >= 11 is 0. The van der Waals surface area contributed by atoms with E-state index in [9.17, 15) is 17.6 Å². The average Bonchev–Trinajstić information content (AvgIpc) is 2.40. The van der Waals surface area contributed by atoms with Gasteiger partial charge in [-0.15, -0.1) is 0 Å². The van der Waals surface area contributed by atoms with E-state index in [1.54, 1.807) is 0 Å². The topological polar surface area (TPSA) is 12.5 Å². The molecule has 0 saturated carbocycles. The molecule has 1 aromatic carbocycles.